The molecule has 1 aromatic rings. The molecule has 12 heavy (non-hydrogen) atoms. The fraction of sp³-hybridized carbons (Fsp3) is 0.143. The Labute approximate surface area is 70.5 Å². The topological polar surface area (TPSA) is 40.1 Å². The van der Waals surface area contributed by atoms with E-state index >= 15 is 0 Å². The minimum Gasteiger partial charge on any atom is -0.768 e. The van der Waals surface area contributed by atoms with Crippen LogP contribution in [0.5, 0.6) is 0 Å². The van der Waals surface area contributed by atoms with Gasteiger partial charge in [-0.15, -0.1) is 0 Å². The SMILES string of the molecule is O=S([O-])c1ccc(C(F)F)cc1. The van der Waals surface area contributed by atoms with Gasteiger partial charge in [0.2, 0.25) is 0 Å². The van der Waals surface area contributed by atoms with E-state index in [2.05, 4.69) is 0 Å². The first-order valence-corrected chi connectivity index (χ1v) is 4.16. The maximum Gasteiger partial charge on any atom is 0.263 e. The number of hydrogen-bond donors (Lipinski definition) is 0. The van der Waals surface area contributed by atoms with Crippen LogP contribution in [0.3, 0.4) is 0 Å². The van der Waals surface area contributed by atoms with Crippen LogP contribution >= 0.6 is 0 Å². The zero-order chi connectivity index (χ0) is 9.14. The summed E-state index contributed by atoms with van der Waals surface area (Å²) in [5, 5.41) is 0. The highest BCUT2D eigenvalue weighted by atomic mass is 32.2. The van der Waals surface area contributed by atoms with E-state index in [0.717, 1.165) is 24.3 Å². The Hall–Kier alpha value is -0.810. The third-order valence-corrected chi connectivity index (χ3v) is 1.98. The van der Waals surface area contributed by atoms with Crippen molar-refractivity contribution in [2.45, 2.75) is 11.3 Å². The lowest BCUT2D eigenvalue weighted by Gasteiger charge is -2.05. The van der Waals surface area contributed by atoms with Crippen molar-refractivity contribution in [3.05, 3.63) is 29.8 Å². The average molecular weight is 191 g/mol. The van der Waals surface area contributed by atoms with Crippen molar-refractivity contribution in [3.63, 3.8) is 0 Å². The van der Waals surface area contributed by atoms with E-state index in [9.17, 15) is 17.5 Å². The Bertz CT molecular complexity index is 284. The highest BCUT2D eigenvalue weighted by molar-refractivity contribution is 7.79. The average Bonchev–Trinajstić information content (AvgIpc) is 2.04. The van der Waals surface area contributed by atoms with Crippen LogP contribution in [0.15, 0.2) is 29.2 Å². The summed E-state index contributed by atoms with van der Waals surface area (Å²) < 4.78 is 44.5. The summed E-state index contributed by atoms with van der Waals surface area (Å²) in [6.07, 6.45) is -2.56. The first-order chi connectivity index (χ1) is 5.61. The Kier molecular flexibility index (Phi) is 2.88. The minimum absolute atomic E-state index is 0.0133. The number of hydrogen-bond acceptors (Lipinski definition) is 2. The smallest absolute Gasteiger partial charge is 0.263 e. The molecule has 0 fully saturated rings. The molecule has 5 heteroatoms. The van der Waals surface area contributed by atoms with Crippen LogP contribution in [-0.2, 0) is 11.1 Å². The molecule has 0 N–H and O–H groups in total. The van der Waals surface area contributed by atoms with Crippen molar-refractivity contribution in [3.8, 4) is 0 Å². The van der Waals surface area contributed by atoms with Gasteiger partial charge in [-0.05, 0) is 23.2 Å². The van der Waals surface area contributed by atoms with Crippen molar-refractivity contribution in [2.24, 2.45) is 0 Å². The minimum atomic E-state index is -2.56. The molecule has 1 aromatic carbocycles. The van der Waals surface area contributed by atoms with Crippen LogP contribution in [0, 0.1) is 0 Å². The van der Waals surface area contributed by atoms with E-state index < -0.39 is 17.5 Å². The Balaban J connectivity index is 2.93. The number of alkyl halides is 2. The van der Waals surface area contributed by atoms with E-state index in [-0.39, 0.29) is 10.5 Å². The van der Waals surface area contributed by atoms with Gasteiger partial charge < -0.3 is 4.55 Å². The molecule has 0 aliphatic rings. The molecular formula is C7H5F2O2S-. The normalized spacial score (nSPS) is 13.3. The molecule has 0 radical (unpaired) electrons. The molecule has 0 saturated heterocycles. The molecular weight excluding hydrogens is 186 g/mol. The number of benzene rings is 1. The summed E-state index contributed by atoms with van der Waals surface area (Å²) in [4.78, 5) is 0.0133. The van der Waals surface area contributed by atoms with Crippen molar-refractivity contribution in [1.82, 2.24) is 0 Å². The summed E-state index contributed by atoms with van der Waals surface area (Å²) >= 11 is -2.35. The van der Waals surface area contributed by atoms with Crippen LogP contribution in [0.2, 0.25) is 0 Å². The monoisotopic (exact) mass is 191 g/mol. The van der Waals surface area contributed by atoms with E-state index in [4.69, 9.17) is 0 Å². The van der Waals surface area contributed by atoms with Crippen molar-refractivity contribution >= 4 is 11.1 Å². The zero-order valence-corrected chi connectivity index (χ0v) is 6.68. The summed E-state index contributed by atoms with van der Waals surface area (Å²) in [6, 6.07) is 4.47. The molecule has 1 rings (SSSR count). The third kappa shape index (κ3) is 2.09. The molecule has 66 valence electrons. The van der Waals surface area contributed by atoms with Gasteiger partial charge in [-0.3, -0.25) is 4.21 Å². The van der Waals surface area contributed by atoms with Crippen LogP contribution in [-0.4, -0.2) is 8.76 Å². The van der Waals surface area contributed by atoms with E-state index in [1.165, 1.54) is 0 Å². The van der Waals surface area contributed by atoms with Gasteiger partial charge in [-0.25, -0.2) is 8.78 Å². The maximum absolute atomic E-state index is 11.9. The molecule has 0 saturated carbocycles. The lowest BCUT2D eigenvalue weighted by molar-refractivity contribution is 0.151. The van der Waals surface area contributed by atoms with E-state index in [1.54, 1.807) is 0 Å². The van der Waals surface area contributed by atoms with Gasteiger partial charge >= 0.3 is 0 Å². The molecule has 1 unspecified atom stereocenters. The van der Waals surface area contributed by atoms with Gasteiger partial charge in [0.1, 0.15) is 0 Å². The molecule has 0 bridgehead atoms. The predicted molar refractivity (Wildman–Crippen MR) is 38.6 cm³/mol. The Morgan fingerprint density at radius 2 is 1.75 bits per heavy atom. The second-order valence-corrected chi connectivity index (χ2v) is 3.05. The second kappa shape index (κ2) is 3.73. The molecule has 0 aliphatic carbocycles. The second-order valence-electron chi connectivity index (χ2n) is 2.10. The van der Waals surface area contributed by atoms with Gasteiger partial charge in [0.15, 0.2) is 0 Å². The molecule has 2 nitrogen and oxygen atoms in total. The van der Waals surface area contributed by atoms with Gasteiger partial charge in [0.25, 0.3) is 6.43 Å². The summed E-state index contributed by atoms with van der Waals surface area (Å²) in [5.41, 5.74) is -0.177. The molecule has 0 aliphatic heterocycles. The predicted octanol–water partition coefficient (Wildman–Crippen LogP) is 1.86. The molecule has 1 atom stereocenters. The zero-order valence-electron chi connectivity index (χ0n) is 5.87. The first-order valence-electron chi connectivity index (χ1n) is 3.08. The van der Waals surface area contributed by atoms with Gasteiger partial charge in [-0.1, -0.05) is 12.1 Å². The van der Waals surface area contributed by atoms with Crippen LogP contribution in [0.25, 0.3) is 0 Å². The highest BCUT2D eigenvalue weighted by Crippen LogP contribution is 2.19. The fourth-order valence-corrected chi connectivity index (χ4v) is 1.08. The summed E-state index contributed by atoms with van der Waals surface area (Å²) in [5.74, 6) is 0. The van der Waals surface area contributed by atoms with Crippen molar-refractivity contribution in [2.75, 3.05) is 0 Å². The Morgan fingerprint density at radius 1 is 1.25 bits per heavy atom. The lowest BCUT2D eigenvalue weighted by atomic mass is 10.2. The maximum atomic E-state index is 11.9. The van der Waals surface area contributed by atoms with E-state index in [0.29, 0.717) is 0 Å². The number of rotatable bonds is 2. The van der Waals surface area contributed by atoms with Crippen molar-refractivity contribution in [1.29, 1.82) is 0 Å². The van der Waals surface area contributed by atoms with Gasteiger partial charge in [-0.2, -0.15) is 0 Å². The first kappa shape index (κ1) is 9.28. The van der Waals surface area contributed by atoms with Gasteiger partial charge in [0, 0.05) is 10.5 Å². The fourth-order valence-electron chi connectivity index (χ4n) is 0.724. The van der Waals surface area contributed by atoms with Crippen molar-refractivity contribution < 1.29 is 17.5 Å². The standard InChI is InChI=1S/C7H6F2O2S/c8-7(9)5-1-3-6(4-2-5)12(10)11/h1-4,7H,(H,10,11)/p-1. The number of halogens is 2. The molecule has 0 heterocycles. The van der Waals surface area contributed by atoms with E-state index in [1.807, 2.05) is 0 Å². The highest BCUT2D eigenvalue weighted by Gasteiger charge is 2.05. The third-order valence-electron chi connectivity index (χ3n) is 1.32. The summed E-state index contributed by atoms with van der Waals surface area (Å²) in [7, 11) is 0. The summed E-state index contributed by atoms with van der Waals surface area (Å²) in [6.45, 7) is 0. The Morgan fingerprint density at radius 3 is 2.08 bits per heavy atom. The molecule has 0 spiro atoms. The van der Waals surface area contributed by atoms with Crippen LogP contribution in [0.1, 0.15) is 12.0 Å². The van der Waals surface area contributed by atoms with Gasteiger partial charge in [0.05, 0.1) is 0 Å². The molecule has 0 aromatic heterocycles. The van der Waals surface area contributed by atoms with Crippen LogP contribution < -0.4 is 0 Å². The molecule has 0 amide bonds. The largest absolute Gasteiger partial charge is 0.768 e. The quantitative estimate of drug-likeness (QED) is 0.669. The lowest BCUT2D eigenvalue weighted by Crippen LogP contribution is -1.89. The van der Waals surface area contributed by atoms with Crippen LogP contribution in [0.4, 0.5) is 8.78 Å².